The molecule has 0 saturated carbocycles. The minimum Gasteiger partial charge on any atom is -0.366 e. The van der Waals surface area contributed by atoms with E-state index in [0.717, 1.165) is 29.2 Å². The number of nitrogens with zero attached hydrogens (tertiary/aromatic N) is 2. The van der Waals surface area contributed by atoms with Crippen molar-refractivity contribution < 1.29 is 0 Å². The summed E-state index contributed by atoms with van der Waals surface area (Å²) in [5, 5.41) is 9.66. The Kier molecular flexibility index (Phi) is 3.54. The average molecular weight is 263 g/mol. The quantitative estimate of drug-likeness (QED) is 0.800. The molecule has 1 saturated heterocycles. The summed E-state index contributed by atoms with van der Waals surface area (Å²) in [6.07, 6.45) is 1.70. The van der Waals surface area contributed by atoms with Crippen LogP contribution in [0, 0.1) is 24.2 Å². The molecule has 0 N–H and O–H groups in total. The largest absolute Gasteiger partial charge is 0.366 e. The second-order valence-corrected chi connectivity index (χ2v) is 6.20. The Morgan fingerprint density at radius 1 is 1.50 bits per heavy atom. The van der Waals surface area contributed by atoms with Gasteiger partial charge in [-0.15, -0.1) is 0 Å². The first-order valence-corrected chi connectivity index (χ1v) is 6.72. The monoisotopic (exact) mass is 262 g/mol. The first-order chi connectivity index (χ1) is 8.44. The molecular formula is C15H19ClN2. The van der Waals surface area contributed by atoms with Crippen LogP contribution < -0.4 is 4.90 Å². The summed E-state index contributed by atoms with van der Waals surface area (Å²) in [5.41, 5.74) is 2.36. The fraction of sp³-hybridized carbons (Fsp3) is 0.533. The van der Waals surface area contributed by atoms with E-state index >= 15 is 0 Å². The van der Waals surface area contributed by atoms with Crippen LogP contribution in [0.1, 0.15) is 32.3 Å². The van der Waals surface area contributed by atoms with Gasteiger partial charge in [-0.1, -0.05) is 17.7 Å². The van der Waals surface area contributed by atoms with Crippen molar-refractivity contribution in [1.29, 1.82) is 5.26 Å². The number of rotatable bonds is 2. The van der Waals surface area contributed by atoms with Crippen molar-refractivity contribution in [3.8, 4) is 6.07 Å². The molecule has 0 aliphatic carbocycles. The molecule has 0 amide bonds. The van der Waals surface area contributed by atoms with Crippen LogP contribution in [0.5, 0.6) is 0 Å². The van der Waals surface area contributed by atoms with Crippen LogP contribution in [0.3, 0.4) is 0 Å². The second-order valence-electron chi connectivity index (χ2n) is 5.79. The van der Waals surface area contributed by atoms with E-state index in [9.17, 15) is 0 Å². The van der Waals surface area contributed by atoms with E-state index in [1.807, 2.05) is 13.0 Å². The first-order valence-electron chi connectivity index (χ1n) is 6.35. The zero-order valence-electron chi connectivity index (χ0n) is 11.2. The number of aryl methyl sites for hydroxylation is 1. The lowest BCUT2D eigenvalue weighted by Gasteiger charge is -2.33. The Balaban J connectivity index is 2.27. The molecule has 1 unspecified atom stereocenters. The van der Waals surface area contributed by atoms with Crippen molar-refractivity contribution in [2.24, 2.45) is 5.92 Å². The lowest BCUT2D eigenvalue weighted by atomic mass is 9.94. The molecule has 1 aromatic rings. The van der Waals surface area contributed by atoms with E-state index in [-0.39, 0.29) is 5.54 Å². The van der Waals surface area contributed by atoms with Crippen molar-refractivity contribution in [2.45, 2.75) is 39.2 Å². The number of hydrogen-bond acceptors (Lipinski definition) is 2. The van der Waals surface area contributed by atoms with E-state index in [1.165, 1.54) is 0 Å². The molecule has 0 radical (unpaired) electrons. The molecule has 0 aromatic heterocycles. The summed E-state index contributed by atoms with van der Waals surface area (Å²) in [6.45, 7) is 7.43. The Morgan fingerprint density at radius 2 is 2.22 bits per heavy atom. The minimum atomic E-state index is 0.0973. The van der Waals surface area contributed by atoms with Crippen LogP contribution in [0.25, 0.3) is 0 Å². The van der Waals surface area contributed by atoms with Crippen LogP contribution in [-0.4, -0.2) is 12.1 Å². The van der Waals surface area contributed by atoms with Gasteiger partial charge in [-0.05, 0) is 50.8 Å². The fourth-order valence-electron chi connectivity index (χ4n) is 2.86. The maximum atomic E-state index is 8.84. The van der Waals surface area contributed by atoms with Gasteiger partial charge in [0.25, 0.3) is 0 Å². The van der Waals surface area contributed by atoms with Crippen LogP contribution >= 0.6 is 11.6 Å². The molecule has 1 aromatic carbocycles. The van der Waals surface area contributed by atoms with Crippen molar-refractivity contribution in [1.82, 2.24) is 0 Å². The molecule has 1 heterocycles. The number of benzene rings is 1. The van der Waals surface area contributed by atoms with Crippen molar-refractivity contribution >= 4 is 17.3 Å². The van der Waals surface area contributed by atoms with Gasteiger partial charge in [-0.3, -0.25) is 0 Å². The number of halogens is 1. The summed E-state index contributed by atoms with van der Waals surface area (Å²) < 4.78 is 0. The highest BCUT2D eigenvalue weighted by atomic mass is 35.5. The van der Waals surface area contributed by atoms with Gasteiger partial charge in [0.15, 0.2) is 0 Å². The van der Waals surface area contributed by atoms with Gasteiger partial charge in [-0.2, -0.15) is 5.26 Å². The lowest BCUT2D eigenvalue weighted by Crippen LogP contribution is -2.38. The Bertz CT molecular complexity index is 488. The van der Waals surface area contributed by atoms with Gasteiger partial charge in [0, 0.05) is 29.2 Å². The van der Waals surface area contributed by atoms with Gasteiger partial charge in [0.05, 0.1) is 6.07 Å². The molecule has 1 aliphatic heterocycles. The van der Waals surface area contributed by atoms with Gasteiger partial charge < -0.3 is 4.90 Å². The summed E-state index contributed by atoms with van der Waals surface area (Å²) in [7, 11) is 0. The molecule has 2 rings (SSSR count). The number of nitriles is 1. The summed E-state index contributed by atoms with van der Waals surface area (Å²) in [6, 6.07) is 8.51. The van der Waals surface area contributed by atoms with E-state index in [2.05, 4.69) is 36.9 Å². The summed E-state index contributed by atoms with van der Waals surface area (Å²) in [4.78, 5) is 2.38. The van der Waals surface area contributed by atoms with Gasteiger partial charge in [0.1, 0.15) is 0 Å². The van der Waals surface area contributed by atoms with E-state index in [0.29, 0.717) is 12.3 Å². The molecule has 3 heteroatoms. The van der Waals surface area contributed by atoms with Crippen molar-refractivity contribution in [3.05, 3.63) is 28.8 Å². The predicted molar refractivity (Wildman–Crippen MR) is 76.0 cm³/mol. The van der Waals surface area contributed by atoms with Gasteiger partial charge >= 0.3 is 0 Å². The highest BCUT2D eigenvalue weighted by molar-refractivity contribution is 6.31. The Hall–Kier alpha value is -1.20. The topological polar surface area (TPSA) is 27.0 Å². The van der Waals surface area contributed by atoms with Crippen LogP contribution in [0.2, 0.25) is 5.02 Å². The minimum absolute atomic E-state index is 0.0973. The van der Waals surface area contributed by atoms with Crippen molar-refractivity contribution in [2.75, 3.05) is 11.4 Å². The summed E-state index contributed by atoms with van der Waals surface area (Å²) in [5.74, 6) is 0.463. The third kappa shape index (κ3) is 2.47. The first kappa shape index (κ1) is 13.2. The van der Waals surface area contributed by atoms with Crippen LogP contribution in [-0.2, 0) is 0 Å². The molecular weight excluding hydrogens is 244 g/mol. The number of hydrogen-bond donors (Lipinski definition) is 0. The van der Waals surface area contributed by atoms with E-state index in [4.69, 9.17) is 16.9 Å². The zero-order chi connectivity index (χ0) is 13.3. The molecule has 0 spiro atoms. The predicted octanol–water partition coefficient (Wildman–Crippen LogP) is 4.17. The lowest BCUT2D eigenvalue weighted by molar-refractivity contribution is 0.476. The molecule has 1 aliphatic rings. The maximum absolute atomic E-state index is 8.84. The Morgan fingerprint density at radius 3 is 2.83 bits per heavy atom. The highest BCUT2D eigenvalue weighted by Gasteiger charge is 2.38. The SMILES string of the molecule is Cc1ccc(N2CC(CC#N)CC2(C)C)cc1Cl. The average Bonchev–Trinajstić information content (AvgIpc) is 2.58. The van der Waals surface area contributed by atoms with E-state index in [1.54, 1.807) is 0 Å². The number of anilines is 1. The standard InChI is InChI=1S/C15H19ClN2/c1-11-4-5-13(8-14(11)16)18-10-12(6-7-17)9-15(18,2)3/h4-5,8,12H,6,9-10H2,1-3H3. The van der Waals surface area contributed by atoms with Crippen molar-refractivity contribution in [3.63, 3.8) is 0 Å². The zero-order valence-corrected chi connectivity index (χ0v) is 12.0. The maximum Gasteiger partial charge on any atom is 0.0625 e. The molecule has 1 fully saturated rings. The molecule has 1 atom stereocenters. The second kappa shape index (κ2) is 4.82. The van der Waals surface area contributed by atoms with Gasteiger partial charge in [0.2, 0.25) is 0 Å². The van der Waals surface area contributed by atoms with Gasteiger partial charge in [-0.25, -0.2) is 0 Å². The smallest absolute Gasteiger partial charge is 0.0625 e. The Labute approximate surface area is 114 Å². The summed E-state index contributed by atoms with van der Waals surface area (Å²) >= 11 is 6.20. The third-order valence-corrected chi connectivity index (χ3v) is 4.21. The molecule has 2 nitrogen and oxygen atoms in total. The highest BCUT2D eigenvalue weighted by Crippen LogP contribution is 2.39. The molecule has 0 bridgehead atoms. The third-order valence-electron chi connectivity index (χ3n) is 3.81. The fourth-order valence-corrected chi connectivity index (χ4v) is 3.03. The van der Waals surface area contributed by atoms with Crippen LogP contribution in [0.4, 0.5) is 5.69 Å². The van der Waals surface area contributed by atoms with E-state index < -0.39 is 0 Å². The molecule has 18 heavy (non-hydrogen) atoms. The molecule has 96 valence electrons. The van der Waals surface area contributed by atoms with Crippen LogP contribution in [0.15, 0.2) is 18.2 Å². The normalized spacial score (nSPS) is 21.9.